The number of hydrogen-bond donors (Lipinski definition) is 1. The molecule has 5 nitrogen and oxygen atoms in total. The highest BCUT2D eigenvalue weighted by molar-refractivity contribution is 7.99. The molecular weight excluding hydrogens is 451 g/mol. The van der Waals surface area contributed by atoms with E-state index in [9.17, 15) is 26.7 Å². The summed E-state index contributed by atoms with van der Waals surface area (Å²) in [5.74, 6) is -0.701. The zero-order valence-electron chi connectivity index (χ0n) is 16.5. The van der Waals surface area contributed by atoms with Crippen LogP contribution >= 0.6 is 11.8 Å². The van der Waals surface area contributed by atoms with Gasteiger partial charge in [-0.1, -0.05) is 12.1 Å². The quantitative estimate of drug-likeness (QED) is 0.538. The largest absolute Gasteiger partial charge is 0.419 e. The number of thioether (sulfide) groups is 1. The molecule has 3 heterocycles. The molecule has 0 spiro atoms. The van der Waals surface area contributed by atoms with Crippen molar-refractivity contribution >= 4 is 23.4 Å². The van der Waals surface area contributed by atoms with Crippen molar-refractivity contribution < 1.29 is 26.7 Å². The molecular formula is C21H17F5N4OS. The number of carbonyl (C=O) groups is 1. The Morgan fingerprint density at radius 3 is 2.75 bits per heavy atom. The van der Waals surface area contributed by atoms with Crippen LogP contribution < -0.4 is 5.32 Å². The smallest absolute Gasteiger partial charge is 0.324 e. The lowest BCUT2D eigenvalue weighted by atomic mass is 10.1. The Balaban J connectivity index is 1.46. The van der Waals surface area contributed by atoms with E-state index in [0.717, 1.165) is 41.8 Å². The van der Waals surface area contributed by atoms with E-state index in [-0.39, 0.29) is 11.5 Å². The molecule has 0 bridgehead atoms. The maximum Gasteiger partial charge on any atom is 0.419 e. The van der Waals surface area contributed by atoms with E-state index in [1.165, 1.54) is 17.1 Å². The van der Waals surface area contributed by atoms with Crippen molar-refractivity contribution in [2.24, 2.45) is 0 Å². The molecule has 4 rings (SSSR count). The minimum absolute atomic E-state index is 0.00341. The van der Waals surface area contributed by atoms with Gasteiger partial charge in [0, 0.05) is 23.9 Å². The van der Waals surface area contributed by atoms with Gasteiger partial charge in [0.15, 0.2) is 11.6 Å². The normalized spacial score (nSPS) is 16.3. The Morgan fingerprint density at radius 1 is 1.25 bits per heavy atom. The second-order valence-corrected chi connectivity index (χ2v) is 8.45. The van der Waals surface area contributed by atoms with Crippen LogP contribution in [0.25, 0.3) is 5.82 Å². The third kappa shape index (κ3) is 4.77. The van der Waals surface area contributed by atoms with Gasteiger partial charge in [-0.25, -0.2) is 18.7 Å². The van der Waals surface area contributed by atoms with Crippen molar-refractivity contribution in [3.05, 3.63) is 71.4 Å². The van der Waals surface area contributed by atoms with Gasteiger partial charge >= 0.3 is 6.18 Å². The fraction of sp³-hybridized carbons (Fsp3) is 0.286. The zero-order valence-corrected chi connectivity index (χ0v) is 17.3. The molecule has 1 amide bonds. The van der Waals surface area contributed by atoms with Crippen LogP contribution in [-0.4, -0.2) is 31.9 Å². The van der Waals surface area contributed by atoms with Gasteiger partial charge in [0.25, 0.3) is 0 Å². The predicted molar refractivity (Wildman–Crippen MR) is 110 cm³/mol. The van der Waals surface area contributed by atoms with Crippen LogP contribution in [0.5, 0.6) is 0 Å². The van der Waals surface area contributed by atoms with Gasteiger partial charge in [-0.05, 0) is 23.8 Å². The average Bonchev–Trinajstić information content (AvgIpc) is 3.40. The molecule has 1 saturated heterocycles. The molecule has 1 atom stereocenters. The molecule has 3 aromatic rings. The van der Waals surface area contributed by atoms with Gasteiger partial charge in [-0.3, -0.25) is 9.36 Å². The number of benzene rings is 1. The summed E-state index contributed by atoms with van der Waals surface area (Å²) in [6, 6.07) is 3.75. The van der Waals surface area contributed by atoms with Gasteiger partial charge in [-0.15, -0.1) is 0 Å². The van der Waals surface area contributed by atoms with Gasteiger partial charge in [0.2, 0.25) is 5.91 Å². The highest BCUT2D eigenvalue weighted by Crippen LogP contribution is 2.33. The summed E-state index contributed by atoms with van der Waals surface area (Å²) in [7, 11) is 0. The first-order valence-corrected chi connectivity index (χ1v) is 10.8. The number of nitrogens with one attached hydrogen (secondary N) is 1. The molecule has 2 aromatic heterocycles. The molecule has 1 aliphatic rings. The van der Waals surface area contributed by atoms with E-state index in [2.05, 4.69) is 15.3 Å². The molecule has 11 heteroatoms. The van der Waals surface area contributed by atoms with Crippen molar-refractivity contribution in [1.29, 1.82) is 0 Å². The number of aromatic nitrogens is 3. The topological polar surface area (TPSA) is 59.8 Å². The summed E-state index contributed by atoms with van der Waals surface area (Å²) < 4.78 is 68.6. The lowest BCUT2D eigenvalue weighted by Gasteiger charge is -2.11. The molecule has 0 aliphatic carbocycles. The number of halogens is 5. The average molecular weight is 468 g/mol. The van der Waals surface area contributed by atoms with Crippen LogP contribution in [0.15, 0.2) is 43.0 Å². The summed E-state index contributed by atoms with van der Waals surface area (Å²) in [6.07, 6.45) is -0.111. The first-order valence-electron chi connectivity index (χ1n) is 9.64. The molecule has 1 N–H and O–H groups in total. The summed E-state index contributed by atoms with van der Waals surface area (Å²) >= 11 is 1.84. The van der Waals surface area contributed by atoms with Gasteiger partial charge in [0.1, 0.15) is 12.1 Å². The number of anilines is 1. The van der Waals surface area contributed by atoms with Crippen molar-refractivity contribution in [3.8, 4) is 5.82 Å². The van der Waals surface area contributed by atoms with Gasteiger partial charge < -0.3 is 5.32 Å². The maximum atomic E-state index is 14.6. The van der Waals surface area contributed by atoms with Crippen LogP contribution in [0.1, 0.15) is 29.2 Å². The third-order valence-corrected chi connectivity index (χ3v) is 6.20. The van der Waals surface area contributed by atoms with Gasteiger partial charge in [-0.2, -0.15) is 24.9 Å². The predicted octanol–water partition coefficient (Wildman–Crippen LogP) is 4.97. The van der Waals surface area contributed by atoms with Crippen LogP contribution in [0.3, 0.4) is 0 Å². The second-order valence-electron chi connectivity index (χ2n) is 7.30. The number of pyridine rings is 1. The Bertz CT molecular complexity index is 1140. The third-order valence-electron chi connectivity index (χ3n) is 5.04. The van der Waals surface area contributed by atoms with Crippen molar-refractivity contribution in [1.82, 2.24) is 14.5 Å². The number of carbonyl (C=O) groups excluding carboxylic acids is 1. The van der Waals surface area contributed by atoms with E-state index in [1.807, 2.05) is 11.8 Å². The summed E-state index contributed by atoms with van der Waals surface area (Å²) in [4.78, 5) is 20.5. The molecule has 0 saturated carbocycles. The Morgan fingerprint density at radius 2 is 2.06 bits per heavy atom. The van der Waals surface area contributed by atoms with Crippen LogP contribution in [0, 0.1) is 11.6 Å². The van der Waals surface area contributed by atoms with Gasteiger partial charge in [0.05, 0.1) is 29.6 Å². The molecule has 32 heavy (non-hydrogen) atoms. The van der Waals surface area contributed by atoms with E-state index in [4.69, 9.17) is 0 Å². The maximum absolute atomic E-state index is 14.6. The van der Waals surface area contributed by atoms with E-state index >= 15 is 0 Å². The van der Waals surface area contributed by atoms with E-state index in [0.29, 0.717) is 12.0 Å². The van der Waals surface area contributed by atoms with Crippen LogP contribution in [0.2, 0.25) is 0 Å². The minimum Gasteiger partial charge on any atom is -0.324 e. The summed E-state index contributed by atoms with van der Waals surface area (Å²) in [6.45, 7) is 0. The summed E-state index contributed by atoms with van der Waals surface area (Å²) in [5, 5.41) is 2.33. The Hall–Kier alpha value is -2.95. The van der Waals surface area contributed by atoms with Crippen molar-refractivity contribution in [3.63, 3.8) is 0 Å². The molecule has 1 aliphatic heterocycles. The number of amides is 1. The SMILES string of the molecule is O=C(Cc1cccc(C(F)(F)F)c1F)Nc1cnc(-n2cnc(C3CCSC3)c2)c(F)c1. The monoisotopic (exact) mass is 468 g/mol. The first-order chi connectivity index (χ1) is 15.2. The molecule has 0 radical (unpaired) electrons. The van der Waals surface area contributed by atoms with Crippen LogP contribution in [0.4, 0.5) is 27.6 Å². The molecule has 1 unspecified atom stereocenters. The van der Waals surface area contributed by atoms with E-state index < -0.39 is 41.3 Å². The van der Waals surface area contributed by atoms with Crippen molar-refractivity contribution in [2.45, 2.75) is 24.9 Å². The van der Waals surface area contributed by atoms with E-state index in [1.54, 1.807) is 6.20 Å². The molecule has 168 valence electrons. The van der Waals surface area contributed by atoms with Crippen LogP contribution in [-0.2, 0) is 17.4 Å². The Kier molecular flexibility index (Phi) is 6.18. The fourth-order valence-electron chi connectivity index (χ4n) is 3.43. The zero-order chi connectivity index (χ0) is 22.9. The highest BCUT2D eigenvalue weighted by Gasteiger charge is 2.35. The minimum atomic E-state index is -4.87. The number of alkyl halides is 3. The number of nitrogens with zero attached hydrogens (tertiary/aromatic N) is 3. The molecule has 1 aromatic carbocycles. The Labute approximate surface area is 184 Å². The lowest BCUT2D eigenvalue weighted by molar-refractivity contribution is -0.140. The standard InChI is InChI=1S/C21H17F5N4OS/c22-16-7-14(8-27-20(16)30-9-17(28-11-30)13-4-5-32-10-13)29-18(31)6-12-2-1-3-15(19(12)23)21(24,25)26/h1-3,7-9,11,13H,4-6,10H2,(H,29,31). The lowest BCUT2D eigenvalue weighted by Crippen LogP contribution is -2.17. The number of rotatable bonds is 5. The second kappa shape index (κ2) is 8.89. The summed E-state index contributed by atoms with van der Waals surface area (Å²) in [5.41, 5.74) is -1.01. The van der Waals surface area contributed by atoms with Crippen molar-refractivity contribution in [2.75, 3.05) is 16.8 Å². The fourth-order valence-corrected chi connectivity index (χ4v) is 4.67. The first kappa shape index (κ1) is 22.3. The number of imidazole rings is 1. The highest BCUT2D eigenvalue weighted by atomic mass is 32.2. The number of hydrogen-bond acceptors (Lipinski definition) is 4. The molecule has 1 fully saturated rings.